The van der Waals surface area contributed by atoms with E-state index < -0.39 is 5.60 Å². The van der Waals surface area contributed by atoms with Gasteiger partial charge in [0.15, 0.2) is 0 Å². The molecule has 16 heavy (non-hydrogen) atoms. The Balaban J connectivity index is 1.80. The molecule has 0 amide bonds. The van der Waals surface area contributed by atoms with E-state index in [0.29, 0.717) is 32.6 Å². The lowest BCUT2D eigenvalue weighted by Crippen LogP contribution is -2.48. The second-order valence-corrected chi connectivity index (χ2v) is 4.99. The highest BCUT2D eigenvalue weighted by atomic mass is 16.5. The van der Waals surface area contributed by atoms with Gasteiger partial charge in [-0.2, -0.15) is 5.26 Å². The summed E-state index contributed by atoms with van der Waals surface area (Å²) < 4.78 is 5.24. The summed E-state index contributed by atoms with van der Waals surface area (Å²) in [6.07, 6.45) is 4.58. The van der Waals surface area contributed by atoms with E-state index in [0.717, 1.165) is 19.3 Å². The van der Waals surface area contributed by atoms with Gasteiger partial charge in [-0.25, -0.2) is 0 Å². The molecule has 0 aromatic carbocycles. The van der Waals surface area contributed by atoms with Crippen LogP contribution in [0.25, 0.3) is 0 Å². The van der Waals surface area contributed by atoms with Gasteiger partial charge in [-0.3, -0.25) is 0 Å². The van der Waals surface area contributed by atoms with E-state index >= 15 is 0 Å². The van der Waals surface area contributed by atoms with Crippen molar-refractivity contribution in [2.75, 3.05) is 19.8 Å². The van der Waals surface area contributed by atoms with E-state index in [1.54, 1.807) is 0 Å². The molecule has 2 aliphatic rings. The summed E-state index contributed by atoms with van der Waals surface area (Å²) in [4.78, 5) is 0. The monoisotopic (exact) mass is 224 g/mol. The molecule has 1 saturated heterocycles. The van der Waals surface area contributed by atoms with Crippen LogP contribution in [0.3, 0.4) is 0 Å². The molecule has 1 aliphatic heterocycles. The van der Waals surface area contributed by atoms with Crippen LogP contribution < -0.4 is 5.32 Å². The molecule has 2 unspecified atom stereocenters. The molecular formula is C12H20N2O2. The SMILES string of the molecule is N#CC1CCCC1NCC1(O)CCOCC1. The van der Waals surface area contributed by atoms with E-state index in [9.17, 15) is 5.11 Å². The van der Waals surface area contributed by atoms with Gasteiger partial charge in [0.25, 0.3) is 0 Å². The van der Waals surface area contributed by atoms with Crippen molar-refractivity contribution >= 4 is 0 Å². The molecule has 4 heteroatoms. The number of aliphatic hydroxyl groups is 1. The lowest BCUT2D eigenvalue weighted by Gasteiger charge is -2.33. The van der Waals surface area contributed by atoms with Gasteiger partial charge in [0.05, 0.1) is 17.6 Å². The standard InChI is InChI=1S/C12H20N2O2/c13-8-10-2-1-3-11(10)14-9-12(15)4-6-16-7-5-12/h10-11,14-15H,1-7,9H2. The molecule has 0 spiro atoms. The molecule has 4 nitrogen and oxygen atoms in total. The number of rotatable bonds is 3. The predicted molar refractivity (Wildman–Crippen MR) is 59.7 cm³/mol. The molecule has 0 radical (unpaired) electrons. The Kier molecular flexibility index (Phi) is 3.80. The molecule has 0 bridgehead atoms. The molecule has 2 fully saturated rings. The van der Waals surface area contributed by atoms with Crippen LogP contribution >= 0.6 is 0 Å². The fourth-order valence-corrected chi connectivity index (χ4v) is 2.61. The quantitative estimate of drug-likeness (QED) is 0.744. The first-order valence-corrected chi connectivity index (χ1v) is 6.17. The number of nitrogens with zero attached hydrogens (tertiary/aromatic N) is 1. The molecule has 2 rings (SSSR count). The van der Waals surface area contributed by atoms with Crippen molar-refractivity contribution in [1.82, 2.24) is 5.32 Å². The van der Waals surface area contributed by atoms with Crippen LogP contribution in [0.5, 0.6) is 0 Å². The van der Waals surface area contributed by atoms with Crippen molar-refractivity contribution in [3.8, 4) is 6.07 Å². The van der Waals surface area contributed by atoms with Crippen LogP contribution in [0.4, 0.5) is 0 Å². The second kappa shape index (κ2) is 5.13. The lowest BCUT2D eigenvalue weighted by molar-refractivity contribution is -0.0629. The van der Waals surface area contributed by atoms with Crippen LogP contribution in [-0.4, -0.2) is 36.5 Å². The van der Waals surface area contributed by atoms with Gasteiger partial charge in [-0.15, -0.1) is 0 Å². The Morgan fingerprint density at radius 2 is 2.12 bits per heavy atom. The van der Waals surface area contributed by atoms with Crippen LogP contribution in [-0.2, 0) is 4.74 Å². The number of ether oxygens (including phenoxy) is 1. The van der Waals surface area contributed by atoms with E-state index in [1.807, 2.05) is 0 Å². The molecular weight excluding hydrogens is 204 g/mol. The maximum atomic E-state index is 10.3. The molecule has 2 N–H and O–H groups in total. The fourth-order valence-electron chi connectivity index (χ4n) is 2.61. The number of nitrogens with one attached hydrogen (secondary N) is 1. The maximum Gasteiger partial charge on any atom is 0.0815 e. The third-order valence-corrected chi connectivity index (χ3v) is 3.80. The third-order valence-electron chi connectivity index (χ3n) is 3.80. The average molecular weight is 224 g/mol. The third kappa shape index (κ3) is 2.73. The Hall–Kier alpha value is -0.630. The van der Waals surface area contributed by atoms with Crippen molar-refractivity contribution < 1.29 is 9.84 Å². The first kappa shape index (κ1) is 11.8. The van der Waals surface area contributed by atoms with Crippen LogP contribution in [0.2, 0.25) is 0 Å². The summed E-state index contributed by atoms with van der Waals surface area (Å²) in [5, 5.41) is 22.6. The zero-order valence-corrected chi connectivity index (χ0v) is 9.61. The minimum absolute atomic E-state index is 0.128. The number of nitriles is 1. The van der Waals surface area contributed by atoms with E-state index in [1.165, 1.54) is 0 Å². The summed E-state index contributed by atoms with van der Waals surface area (Å²) in [6, 6.07) is 2.62. The first-order valence-electron chi connectivity index (χ1n) is 6.17. The fraction of sp³-hybridized carbons (Fsp3) is 0.917. The van der Waals surface area contributed by atoms with Gasteiger partial charge < -0.3 is 15.2 Å². The summed E-state index contributed by atoms with van der Waals surface area (Å²) in [5.41, 5.74) is -0.624. The van der Waals surface area contributed by atoms with Crippen molar-refractivity contribution in [2.24, 2.45) is 5.92 Å². The van der Waals surface area contributed by atoms with Crippen molar-refractivity contribution in [3.05, 3.63) is 0 Å². The smallest absolute Gasteiger partial charge is 0.0815 e. The number of hydrogen-bond acceptors (Lipinski definition) is 4. The van der Waals surface area contributed by atoms with Gasteiger partial charge in [-0.05, 0) is 12.8 Å². The lowest BCUT2D eigenvalue weighted by atomic mass is 9.93. The molecule has 1 aliphatic carbocycles. The van der Waals surface area contributed by atoms with Crippen molar-refractivity contribution in [1.29, 1.82) is 5.26 Å². The number of hydrogen-bond donors (Lipinski definition) is 2. The van der Waals surface area contributed by atoms with Gasteiger partial charge in [0.2, 0.25) is 0 Å². The van der Waals surface area contributed by atoms with Crippen molar-refractivity contribution in [3.63, 3.8) is 0 Å². The van der Waals surface area contributed by atoms with Crippen molar-refractivity contribution in [2.45, 2.75) is 43.7 Å². The largest absolute Gasteiger partial charge is 0.388 e. The minimum atomic E-state index is -0.624. The Morgan fingerprint density at radius 3 is 2.81 bits per heavy atom. The normalized spacial score (nSPS) is 33.5. The zero-order chi connectivity index (χ0) is 11.4. The molecule has 1 heterocycles. The van der Waals surface area contributed by atoms with E-state index in [2.05, 4.69) is 11.4 Å². The zero-order valence-electron chi connectivity index (χ0n) is 9.61. The molecule has 0 aromatic heterocycles. The summed E-state index contributed by atoms with van der Waals surface area (Å²) >= 11 is 0. The topological polar surface area (TPSA) is 65.3 Å². The second-order valence-electron chi connectivity index (χ2n) is 4.99. The van der Waals surface area contributed by atoms with Crippen LogP contribution in [0, 0.1) is 17.2 Å². The highest BCUT2D eigenvalue weighted by Gasteiger charge is 2.33. The summed E-state index contributed by atoms with van der Waals surface area (Å²) in [5.74, 6) is 0.128. The summed E-state index contributed by atoms with van der Waals surface area (Å²) in [7, 11) is 0. The van der Waals surface area contributed by atoms with E-state index in [4.69, 9.17) is 10.00 Å². The highest BCUT2D eigenvalue weighted by molar-refractivity contribution is 4.97. The molecule has 2 atom stereocenters. The maximum absolute atomic E-state index is 10.3. The van der Waals surface area contributed by atoms with Gasteiger partial charge >= 0.3 is 0 Å². The average Bonchev–Trinajstić information content (AvgIpc) is 2.75. The van der Waals surface area contributed by atoms with Gasteiger partial charge in [-0.1, -0.05) is 6.42 Å². The van der Waals surface area contributed by atoms with Gasteiger partial charge in [0, 0.05) is 38.6 Å². The van der Waals surface area contributed by atoms with E-state index in [-0.39, 0.29) is 12.0 Å². The minimum Gasteiger partial charge on any atom is -0.388 e. The van der Waals surface area contributed by atoms with Crippen LogP contribution in [0.15, 0.2) is 0 Å². The predicted octanol–water partition coefficient (Wildman–Crippen LogP) is 0.810. The molecule has 1 saturated carbocycles. The Bertz CT molecular complexity index is 269. The van der Waals surface area contributed by atoms with Crippen LogP contribution in [0.1, 0.15) is 32.1 Å². The molecule has 90 valence electrons. The molecule has 0 aromatic rings. The first-order chi connectivity index (χ1) is 7.73. The van der Waals surface area contributed by atoms with Gasteiger partial charge in [0.1, 0.15) is 0 Å². The Morgan fingerprint density at radius 1 is 1.38 bits per heavy atom. The Labute approximate surface area is 96.6 Å². The summed E-state index contributed by atoms with van der Waals surface area (Å²) in [6.45, 7) is 1.88. The highest BCUT2D eigenvalue weighted by Crippen LogP contribution is 2.26.